The van der Waals surface area contributed by atoms with Crippen LogP contribution in [0.1, 0.15) is 21.7 Å². The summed E-state index contributed by atoms with van der Waals surface area (Å²) in [5, 5.41) is 19.2. The maximum atomic E-state index is 11.0. The Kier molecular flexibility index (Phi) is 3.65. The zero-order valence-corrected chi connectivity index (χ0v) is 10.6. The van der Waals surface area contributed by atoms with Gasteiger partial charge in [-0.25, -0.2) is 4.79 Å². The van der Waals surface area contributed by atoms with Crippen LogP contribution in [-0.4, -0.2) is 16.0 Å². The minimum Gasteiger partial charge on any atom is -0.478 e. The molecule has 0 saturated heterocycles. The summed E-state index contributed by atoms with van der Waals surface area (Å²) in [5.74, 6) is -0.225. The topological polar surface area (TPSA) is 93.6 Å². The van der Waals surface area contributed by atoms with Crippen LogP contribution in [-0.2, 0) is 0 Å². The van der Waals surface area contributed by atoms with E-state index < -0.39 is 10.9 Å². The molecule has 102 valence electrons. The van der Waals surface area contributed by atoms with Crippen molar-refractivity contribution in [1.29, 1.82) is 0 Å². The van der Waals surface area contributed by atoms with Crippen molar-refractivity contribution in [2.45, 2.75) is 6.92 Å². The highest BCUT2D eigenvalue weighted by Gasteiger charge is 2.11. The highest BCUT2D eigenvalue weighted by Crippen LogP contribution is 2.27. The Bertz CT molecular complexity index is 699. The van der Waals surface area contributed by atoms with Crippen LogP contribution in [0, 0.1) is 17.0 Å². The van der Waals surface area contributed by atoms with Crippen LogP contribution >= 0.6 is 0 Å². The third-order valence-electron chi connectivity index (χ3n) is 2.74. The quantitative estimate of drug-likeness (QED) is 0.681. The van der Waals surface area contributed by atoms with Crippen molar-refractivity contribution in [1.82, 2.24) is 0 Å². The predicted octanol–water partition coefficient (Wildman–Crippen LogP) is 3.20. The number of carboxylic acids is 1. The molecule has 0 atom stereocenters. The molecule has 1 N–H and O–H groups in total. The van der Waals surface area contributed by atoms with E-state index in [1.807, 2.05) is 6.92 Å². The highest BCUT2D eigenvalue weighted by atomic mass is 16.6. The van der Waals surface area contributed by atoms with Crippen LogP contribution in [0.4, 0.5) is 0 Å². The second-order valence-electron chi connectivity index (χ2n) is 4.14. The number of rotatable bonds is 4. The second-order valence-corrected chi connectivity index (χ2v) is 4.14. The number of carboxylic acid groups (broad SMARTS) is 1. The normalized spacial score (nSPS) is 10.8. The van der Waals surface area contributed by atoms with E-state index in [1.165, 1.54) is 18.2 Å². The van der Waals surface area contributed by atoms with Crippen molar-refractivity contribution in [3.05, 3.63) is 63.5 Å². The first-order chi connectivity index (χ1) is 9.47. The van der Waals surface area contributed by atoms with Gasteiger partial charge in [-0.2, -0.15) is 0 Å². The second kappa shape index (κ2) is 5.40. The molecule has 0 amide bonds. The van der Waals surface area contributed by atoms with Gasteiger partial charge in [-0.15, -0.1) is 0 Å². The van der Waals surface area contributed by atoms with Gasteiger partial charge < -0.3 is 9.52 Å². The van der Waals surface area contributed by atoms with Crippen molar-refractivity contribution in [2.24, 2.45) is 0 Å². The van der Waals surface area contributed by atoms with Gasteiger partial charge in [0.25, 0.3) is 0 Å². The average Bonchev–Trinajstić information content (AvgIpc) is 2.85. The van der Waals surface area contributed by atoms with Crippen molar-refractivity contribution < 1.29 is 19.2 Å². The monoisotopic (exact) mass is 273 g/mol. The number of nitrogens with zero attached hydrogens (tertiary/aromatic N) is 1. The molecule has 0 aliphatic rings. The summed E-state index contributed by atoms with van der Waals surface area (Å²) in [6.07, 6.45) is 2.02. The molecule has 6 nitrogen and oxygen atoms in total. The lowest BCUT2D eigenvalue weighted by atomic mass is 10.0. The van der Waals surface area contributed by atoms with E-state index in [4.69, 9.17) is 9.52 Å². The minimum absolute atomic E-state index is 0.157. The van der Waals surface area contributed by atoms with Gasteiger partial charge in [0.15, 0.2) is 0 Å². The van der Waals surface area contributed by atoms with E-state index >= 15 is 0 Å². The predicted molar refractivity (Wildman–Crippen MR) is 71.9 cm³/mol. The Hall–Kier alpha value is -2.89. The summed E-state index contributed by atoms with van der Waals surface area (Å²) in [5.41, 5.74) is 1.66. The van der Waals surface area contributed by atoms with Gasteiger partial charge in [0, 0.05) is 5.56 Å². The van der Waals surface area contributed by atoms with E-state index in [9.17, 15) is 14.9 Å². The van der Waals surface area contributed by atoms with Crippen LogP contribution in [0.5, 0.6) is 0 Å². The lowest BCUT2D eigenvalue weighted by Crippen LogP contribution is -1.96. The SMILES string of the molecule is Cc1ccc(C(=O)O)cc1-c1ccc(/C=C/[N+](=O)[O-])o1. The van der Waals surface area contributed by atoms with Crippen molar-refractivity contribution in [2.75, 3.05) is 0 Å². The molecule has 0 spiro atoms. The third kappa shape index (κ3) is 2.92. The van der Waals surface area contributed by atoms with Crippen LogP contribution in [0.2, 0.25) is 0 Å². The molecule has 6 heteroatoms. The molecule has 20 heavy (non-hydrogen) atoms. The van der Waals surface area contributed by atoms with Crippen LogP contribution in [0.3, 0.4) is 0 Å². The summed E-state index contributed by atoms with van der Waals surface area (Å²) in [6.45, 7) is 1.83. The fourth-order valence-corrected chi connectivity index (χ4v) is 1.74. The van der Waals surface area contributed by atoms with Crippen LogP contribution < -0.4 is 0 Å². The molecule has 0 fully saturated rings. The molecule has 0 saturated carbocycles. The van der Waals surface area contributed by atoms with E-state index in [-0.39, 0.29) is 5.56 Å². The van der Waals surface area contributed by atoms with Crippen molar-refractivity contribution in [3.8, 4) is 11.3 Å². The minimum atomic E-state index is -1.02. The van der Waals surface area contributed by atoms with Crippen LogP contribution in [0.25, 0.3) is 17.4 Å². The van der Waals surface area contributed by atoms with Gasteiger partial charge in [-0.05, 0) is 36.8 Å². The van der Waals surface area contributed by atoms with E-state index in [0.717, 1.165) is 11.8 Å². The van der Waals surface area contributed by atoms with Gasteiger partial charge >= 0.3 is 5.97 Å². The largest absolute Gasteiger partial charge is 0.478 e. The fraction of sp³-hybridized carbons (Fsp3) is 0.0714. The van der Waals surface area contributed by atoms with Crippen LogP contribution in [0.15, 0.2) is 40.9 Å². The molecule has 0 unspecified atom stereocenters. The maximum Gasteiger partial charge on any atom is 0.335 e. The number of hydrogen-bond donors (Lipinski definition) is 1. The summed E-state index contributed by atoms with van der Waals surface area (Å²) in [7, 11) is 0. The fourth-order valence-electron chi connectivity index (χ4n) is 1.74. The molecule has 0 bridgehead atoms. The molecule has 1 aromatic carbocycles. The van der Waals surface area contributed by atoms with E-state index in [0.29, 0.717) is 17.1 Å². The first-order valence-electron chi connectivity index (χ1n) is 5.73. The molecular formula is C14H11NO5. The summed E-state index contributed by atoms with van der Waals surface area (Å²) < 4.78 is 5.45. The zero-order valence-electron chi connectivity index (χ0n) is 10.6. The lowest BCUT2D eigenvalue weighted by molar-refractivity contribution is -0.401. The van der Waals surface area contributed by atoms with Gasteiger partial charge in [0.2, 0.25) is 6.20 Å². The molecular weight excluding hydrogens is 262 g/mol. The average molecular weight is 273 g/mol. The summed E-state index contributed by atoms with van der Waals surface area (Å²) >= 11 is 0. The van der Waals surface area contributed by atoms with Gasteiger partial charge in [0.05, 0.1) is 16.6 Å². The number of furan rings is 1. The highest BCUT2D eigenvalue weighted by molar-refractivity contribution is 5.89. The summed E-state index contributed by atoms with van der Waals surface area (Å²) in [6, 6.07) is 7.94. The number of nitro groups is 1. The number of benzene rings is 1. The number of carbonyl (C=O) groups is 1. The molecule has 2 aromatic rings. The molecule has 1 heterocycles. The third-order valence-corrected chi connectivity index (χ3v) is 2.74. The Morgan fingerprint density at radius 3 is 2.75 bits per heavy atom. The van der Waals surface area contributed by atoms with Crippen molar-refractivity contribution >= 4 is 12.0 Å². The van der Waals surface area contributed by atoms with Gasteiger partial charge in [-0.3, -0.25) is 10.1 Å². The Labute approximate surface area is 114 Å². The maximum absolute atomic E-state index is 11.0. The van der Waals surface area contributed by atoms with Gasteiger partial charge in [-0.1, -0.05) is 6.07 Å². The molecule has 0 aliphatic carbocycles. The molecule has 0 radical (unpaired) electrons. The standard InChI is InChI=1S/C14H11NO5/c1-9-2-3-10(14(16)17)8-12(9)13-5-4-11(20-13)6-7-15(18)19/h2-8H,1H3,(H,16,17)/b7-6+. The smallest absolute Gasteiger partial charge is 0.335 e. The van der Waals surface area contributed by atoms with E-state index in [2.05, 4.69) is 0 Å². The molecule has 0 aliphatic heterocycles. The van der Waals surface area contributed by atoms with Gasteiger partial charge in [0.1, 0.15) is 11.5 Å². The Balaban J connectivity index is 2.39. The molecule has 2 rings (SSSR count). The number of aromatic carboxylic acids is 1. The first-order valence-corrected chi connectivity index (χ1v) is 5.73. The Morgan fingerprint density at radius 1 is 1.35 bits per heavy atom. The molecule has 1 aromatic heterocycles. The van der Waals surface area contributed by atoms with Crippen molar-refractivity contribution in [3.63, 3.8) is 0 Å². The number of hydrogen-bond acceptors (Lipinski definition) is 4. The lowest BCUT2D eigenvalue weighted by Gasteiger charge is -2.04. The van der Waals surface area contributed by atoms with E-state index in [1.54, 1.807) is 18.2 Å². The Morgan fingerprint density at radius 2 is 2.10 bits per heavy atom. The number of aryl methyl sites for hydroxylation is 1. The zero-order chi connectivity index (χ0) is 14.7. The first kappa shape index (κ1) is 13.5. The summed E-state index contributed by atoms with van der Waals surface area (Å²) in [4.78, 5) is 20.6.